The van der Waals surface area contributed by atoms with Crippen molar-refractivity contribution in [3.05, 3.63) is 79.9 Å². The molecule has 7 heteroatoms. The summed E-state index contributed by atoms with van der Waals surface area (Å²) in [7, 11) is 0. The standard InChI is InChI=1S/C14H12N3O4/c18-16(19)13-5-1-11(2-6-13)9-15-10-12-3-7-14(8-4-12)17(20)21/h1-8H,9-10H2. The van der Waals surface area contributed by atoms with E-state index in [9.17, 15) is 20.2 Å². The number of rotatable bonds is 6. The highest BCUT2D eigenvalue weighted by Crippen LogP contribution is 2.13. The van der Waals surface area contributed by atoms with Gasteiger partial charge >= 0.3 is 0 Å². The Labute approximate surface area is 120 Å². The second kappa shape index (κ2) is 6.58. The van der Waals surface area contributed by atoms with Gasteiger partial charge in [0.2, 0.25) is 0 Å². The maximum atomic E-state index is 10.5. The molecule has 0 aliphatic carbocycles. The number of hydrogen-bond donors (Lipinski definition) is 0. The zero-order valence-electron chi connectivity index (χ0n) is 11.0. The summed E-state index contributed by atoms with van der Waals surface area (Å²) in [6.45, 7) is 0.879. The summed E-state index contributed by atoms with van der Waals surface area (Å²) in [6, 6.07) is 12.4. The van der Waals surface area contributed by atoms with Gasteiger partial charge in [-0.1, -0.05) is 24.3 Å². The summed E-state index contributed by atoms with van der Waals surface area (Å²) < 4.78 is 0. The predicted molar refractivity (Wildman–Crippen MR) is 75.7 cm³/mol. The SMILES string of the molecule is O=[N+]([O-])c1ccc(C[N]Cc2ccc([N+](=O)[O-])cc2)cc1. The van der Waals surface area contributed by atoms with Crippen LogP contribution in [-0.2, 0) is 13.1 Å². The molecule has 1 radical (unpaired) electrons. The highest BCUT2D eigenvalue weighted by molar-refractivity contribution is 5.34. The van der Waals surface area contributed by atoms with Crippen molar-refractivity contribution in [2.45, 2.75) is 13.1 Å². The van der Waals surface area contributed by atoms with Gasteiger partial charge in [-0.2, -0.15) is 0 Å². The first-order valence-corrected chi connectivity index (χ1v) is 6.16. The van der Waals surface area contributed by atoms with E-state index in [0.717, 1.165) is 11.1 Å². The second-order valence-electron chi connectivity index (χ2n) is 4.39. The average Bonchev–Trinajstić information content (AvgIpc) is 2.48. The minimum Gasteiger partial charge on any atom is -0.258 e. The zero-order valence-corrected chi connectivity index (χ0v) is 11.0. The fourth-order valence-electron chi connectivity index (χ4n) is 1.76. The molecule has 0 fully saturated rings. The predicted octanol–water partition coefficient (Wildman–Crippen LogP) is 2.81. The molecule has 0 atom stereocenters. The Morgan fingerprint density at radius 1 is 0.714 bits per heavy atom. The van der Waals surface area contributed by atoms with Crippen molar-refractivity contribution in [2.75, 3.05) is 0 Å². The van der Waals surface area contributed by atoms with Gasteiger partial charge in [-0.15, -0.1) is 0 Å². The number of nitro groups is 2. The third-order valence-corrected chi connectivity index (χ3v) is 2.88. The summed E-state index contributed by atoms with van der Waals surface area (Å²) in [5.41, 5.74) is 1.85. The first-order chi connectivity index (χ1) is 10.1. The van der Waals surface area contributed by atoms with E-state index in [-0.39, 0.29) is 11.4 Å². The molecule has 21 heavy (non-hydrogen) atoms. The third-order valence-electron chi connectivity index (χ3n) is 2.88. The highest BCUT2D eigenvalue weighted by atomic mass is 16.6. The summed E-state index contributed by atoms with van der Waals surface area (Å²) in [4.78, 5) is 20.1. The molecule has 0 aromatic heterocycles. The van der Waals surface area contributed by atoms with Crippen LogP contribution >= 0.6 is 0 Å². The van der Waals surface area contributed by atoms with Crippen LogP contribution in [0.25, 0.3) is 0 Å². The van der Waals surface area contributed by atoms with Crippen molar-refractivity contribution < 1.29 is 9.85 Å². The molecule has 0 heterocycles. The molecule has 2 aromatic carbocycles. The van der Waals surface area contributed by atoms with E-state index < -0.39 is 9.85 Å². The Morgan fingerprint density at radius 2 is 1.05 bits per heavy atom. The zero-order chi connectivity index (χ0) is 15.2. The molecule has 0 unspecified atom stereocenters. The molecule has 0 N–H and O–H groups in total. The van der Waals surface area contributed by atoms with Crippen molar-refractivity contribution in [3.63, 3.8) is 0 Å². The van der Waals surface area contributed by atoms with Crippen molar-refractivity contribution in [2.24, 2.45) is 0 Å². The molecule has 0 saturated heterocycles. The smallest absolute Gasteiger partial charge is 0.258 e. The first-order valence-electron chi connectivity index (χ1n) is 6.16. The van der Waals surface area contributed by atoms with E-state index in [1.165, 1.54) is 24.3 Å². The normalized spacial score (nSPS) is 10.3. The Kier molecular flexibility index (Phi) is 4.57. The summed E-state index contributed by atoms with van der Waals surface area (Å²) in [5.74, 6) is 0. The van der Waals surface area contributed by atoms with Gasteiger partial charge in [0.25, 0.3) is 11.4 Å². The van der Waals surface area contributed by atoms with Gasteiger partial charge in [0, 0.05) is 37.4 Å². The van der Waals surface area contributed by atoms with Crippen LogP contribution in [0.4, 0.5) is 11.4 Å². The molecule has 0 amide bonds. The number of nitrogens with zero attached hydrogens (tertiary/aromatic N) is 3. The number of non-ortho nitro benzene ring substituents is 2. The summed E-state index contributed by atoms with van der Waals surface area (Å²) in [6.07, 6.45) is 0. The lowest BCUT2D eigenvalue weighted by Gasteiger charge is -2.03. The molecule has 2 aromatic rings. The lowest BCUT2D eigenvalue weighted by molar-refractivity contribution is -0.385. The molecule has 7 nitrogen and oxygen atoms in total. The van der Waals surface area contributed by atoms with Crippen LogP contribution in [-0.4, -0.2) is 9.85 Å². The van der Waals surface area contributed by atoms with Gasteiger partial charge in [0.1, 0.15) is 0 Å². The highest BCUT2D eigenvalue weighted by Gasteiger charge is 2.05. The summed E-state index contributed by atoms with van der Waals surface area (Å²) in [5, 5.41) is 25.4. The fourth-order valence-corrected chi connectivity index (χ4v) is 1.76. The Morgan fingerprint density at radius 3 is 1.33 bits per heavy atom. The van der Waals surface area contributed by atoms with Crippen LogP contribution in [0.5, 0.6) is 0 Å². The molecule has 0 spiro atoms. The van der Waals surface area contributed by atoms with E-state index in [4.69, 9.17) is 0 Å². The van der Waals surface area contributed by atoms with E-state index >= 15 is 0 Å². The number of nitro benzene ring substituents is 2. The van der Waals surface area contributed by atoms with Gasteiger partial charge in [-0.3, -0.25) is 20.2 Å². The van der Waals surface area contributed by atoms with E-state index in [1.54, 1.807) is 24.3 Å². The van der Waals surface area contributed by atoms with E-state index in [1.807, 2.05) is 0 Å². The Bertz CT molecular complexity index is 581. The lowest BCUT2D eigenvalue weighted by atomic mass is 10.2. The maximum absolute atomic E-state index is 10.5. The topological polar surface area (TPSA) is 100 Å². The van der Waals surface area contributed by atoms with Crippen molar-refractivity contribution in [1.29, 1.82) is 0 Å². The first kappa shape index (κ1) is 14.6. The molecule has 0 aliphatic heterocycles. The molecular formula is C14H12N3O4. The number of benzene rings is 2. The monoisotopic (exact) mass is 286 g/mol. The van der Waals surface area contributed by atoms with E-state index in [2.05, 4.69) is 5.32 Å². The minimum absolute atomic E-state index is 0.0501. The van der Waals surface area contributed by atoms with Crippen molar-refractivity contribution in [3.8, 4) is 0 Å². The van der Waals surface area contributed by atoms with Crippen molar-refractivity contribution >= 4 is 11.4 Å². The quantitative estimate of drug-likeness (QED) is 0.601. The largest absolute Gasteiger partial charge is 0.269 e. The molecular weight excluding hydrogens is 274 g/mol. The molecule has 0 bridgehead atoms. The van der Waals surface area contributed by atoms with Crippen LogP contribution in [0.1, 0.15) is 11.1 Å². The third kappa shape index (κ3) is 4.08. The molecule has 0 aliphatic rings. The van der Waals surface area contributed by atoms with Crippen LogP contribution in [0.3, 0.4) is 0 Å². The van der Waals surface area contributed by atoms with Crippen LogP contribution < -0.4 is 5.32 Å². The summed E-state index contributed by atoms with van der Waals surface area (Å²) >= 11 is 0. The minimum atomic E-state index is -0.447. The lowest BCUT2D eigenvalue weighted by Crippen LogP contribution is -2.04. The molecule has 2 rings (SSSR count). The molecule has 0 saturated carbocycles. The van der Waals surface area contributed by atoms with Crippen LogP contribution in [0, 0.1) is 20.2 Å². The van der Waals surface area contributed by atoms with Crippen LogP contribution in [0.2, 0.25) is 0 Å². The Hall–Kier alpha value is -2.80. The second-order valence-corrected chi connectivity index (χ2v) is 4.39. The molecule has 107 valence electrons. The van der Waals surface area contributed by atoms with Crippen molar-refractivity contribution in [1.82, 2.24) is 5.32 Å². The Balaban J connectivity index is 1.86. The van der Waals surface area contributed by atoms with Gasteiger partial charge in [0.05, 0.1) is 9.85 Å². The van der Waals surface area contributed by atoms with E-state index in [0.29, 0.717) is 13.1 Å². The fraction of sp³-hybridized carbons (Fsp3) is 0.143. The number of hydrogen-bond acceptors (Lipinski definition) is 4. The average molecular weight is 286 g/mol. The van der Waals surface area contributed by atoms with Gasteiger partial charge < -0.3 is 0 Å². The van der Waals surface area contributed by atoms with Gasteiger partial charge in [-0.25, -0.2) is 5.32 Å². The maximum Gasteiger partial charge on any atom is 0.269 e. The van der Waals surface area contributed by atoms with Crippen LogP contribution in [0.15, 0.2) is 48.5 Å². The van der Waals surface area contributed by atoms with Gasteiger partial charge in [0.15, 0.2) is 0 Å². The van der Waals surface area contributed by atoms with Gasteiger partial charge in [-0.05, 0) is 11.1 Å².